The molecular weight excluding hydrogens is 404 g/mol. The molecule has 1 N–H and O–H groups in total. The van der Waals surface area contributed by atoms with Crippen molar-refractivity contribution >= 4 is 11.6 Å². The maximum Gasteiger partial charge on any atom is 0.275 e. The zero-order valence-corrected chi connectivity index (χ0v) is 17.1. The Morgan fingerprint density at radius 1 is 0.969 bits per heavy atom. The van der Waals surface area contributed by atoms with Crippen molar-refractivity contribution in [1.29, 1.82) is 0 Å². The highest BCUT2D eigenvalue weighted by Gasteiger charge is 2.18. The average Bonchev–Trinajstić information content (AvgIpc) is 3.52. The standard InChI is InChI=1S/C24H18N6O2/c1-16-9-11-18(12-10-16)27-23(31)20-14-30(15-26-20)22-19(8-5-13-25-22)24-28-21(29-32-24)17-6-3-2-4-7-17/h2-15H,1H3,(H,27,31). The third-order valence-corrected chi connectivity index (χ3v) is 4.84. The van der Waals surface area contributed by atoms with Gasteiger partial charge in [-0.05, 0) is 31.2 Å². The van der Waals surface area contributed by atoms with Gasteiger partial charge in [-0.2, -0.15) is 4.98 Å². The van der Waals surface area contributed by atoms with Gasteiger partial charge in [0.05, 0.1) is 5.56 Å². The summed E-state index contributed by atoms with van der Waals surface area (Å²) in [5, 5.41) is 6.92. The lowest BCUT2D eigenvalue weighted by Gasteiger charge is -2.05. The number of nitrogens with one attached hydrogen (secondary N) is 1. The molecule has 32 heavy (non-hydrogen) atoms. The summed E-state index contributed by atoms with van der Waals surface area (Å²) in [6.45, 7) is 1.99. The molecular formula is C24H18N6O2. The smallest absolute Gasteiger partial charge is 0.275 e. The van der Waals surface area contributed by atoms with Crippen molar-refractivity contribution in [3.8, 4) is 28.7 Å². The summed E-state index contributed by atoms with van der Waals surface area (Å²) in [6, 6.07) is 20.7. The van der Waals surface area contributed by atoms with E-state index in [0.29, 0.717) is 28.8 Å². The largest absolute Gasteiger partial charge is 0.333 e. The molecule has 1 amide bonds. The number of carbonyl (C=O) groups excluding carboxylic acids is 1. The van der Waals surface area contributed by atoms with Crippen LogP contribution in [0.5, 0.6) is 0 Å². The number of rotatable bonds is 5. The van der Waals surface area contributed by atoms with E-state index in [1.54, 1.807) is 23.0 Å². The number of carbonyl (C=O) groups is 1. The molecule has 8 heteroatoms. The number of nitrogens with zero attached hydrogens (tertiary/aromatic N) is 5. The van der Waals surface area contributed by atoms with E-state index in [0.717, 1.165) is 11.1 Å². The summed E-state index contributed by atoms with van der Waals surface area (Å²) in [5.74, 6) is 1.03. The quantitative estimate of drug-likeness (QED) is 0.446. The lowest BCUT2D eigenvalue weighted by molar-refractivity contribution is 0.102. The molecule has 0 atom stereocenters. The number of imidazole rings is 1. The summed E-state index contributed by atoms with van der Waals surface area (Å²) in [5.41, 5.74) is 3.56. The summed E-state index contributed by atoms with van der Waals surface area (Å²) in [4.78, 5) is 25.8. The van der Waals surface area contributed by atoms with Crippen LogP contribution in [0.25, 0.3) is 28.7 Å². The van der Waals surface area contributed by atoms with E-state index < -0.39 is 0 Å². The third-order valence-electron chi connectivity index (χ3n) is 4.84. The molecule has 0 aliphatic carbocycles. The first-order valence-corrected chi connectivity index (χ1v) is 9.94. The second-order valence-electron chi connectivity index (χ2n) is 7.15. The predicted octanol–water partition coefficient (Wildman–Crippen LogP) is 4.55. The fraction of sp³-hybridized carbons (Fsp3) is 0.0417. The highest BCUT2D eigenvalue weighted by molar-refractivity contribution is 6.02. The molecule has 3 aromatic heterocycles. The predicted molar refractivity (Wildman–Crippen MR) is 119 cm³/mol. The molecule has 0 aliphatic heterocycles. The first-order chi connectivity index (χ1) is 15.7. The molecule has 0 saturated heterocycles. The van der Waals surface area contributed by atoms with Gasteiger partial charge < -0.3 is 9.84 Å². The van der Waals surface area contributed by atoms with Crippen molar-refractivity contribution in [2.24, 2.45) is 0 Å². The molecule has 8 nitrogen and oxygen atoms in total. The molecule has 0 bridgehead atoms. The molecule has 2 aromatic carbocycles. The Hall–Kier alpha value is -4.59. The topological polar surface area (TPSA) is 98.7 Å². The number of aryl methyl sites for hydroxylation is 1. The zero-order valence-electron chi connectivity index (χ0n) is 17.1. The second-order valence-corrected chi connectivity index (χ2v) is 7.15. The van der Waals surface area contributed by atoms with Gasteiger partial charge in [0.25, 0.3) is 11.8 Å². The van der Waals surface area contributed by atoms with Gasteiger partial charge in [-0.15, -0.1) is 0 Å². The molecule has 0 spiro atoms. The molecule has 0 fully saturated rings. The normalized spacial score (nSPS) is 10.8. The third kappa shape index (κ3) is 3.89. The molecule has 0 aliphatic rings. The fourth-order valence-electron chi connectivity index (χ4n) is 3.19. The monoisotopic (exact) mass is 422 g/mol. The van der Waals surface area contributed by atoms with Crippen LogP contribution >= 0.6 is 0 Å². The molecule has 156 valence electrons. The number of anilines is 1. The van der Waals surface area contributed by atoms with Crippen molar-refractivity contribution in [2.75, 3.05) is 5.32 Å². The Labute approximate surface area is 183 Å². The average molecular weight is 422 g/mol. The first kappa shape index (κ1) is 19.4. The molecule has 0 saturated carbocycles. The van der Waals surface area contributed by atoms with Gasteiger partial charge in [0, 0.05) is 23.6 Å². The van der Waals surface area contributed by atoms with Gasteiger partial charge in [0.1, 0.15) is 12.0 Å². The summed E-state index contributed by atoms with van der Waals surface area (Å²) in [6.07, 6.45) is 4.80. The Bertz CT molecular complexity index is 1370. The van der Waals surface area contributed by atoms with E-state index in [1.165, 1.54) is 6.33 Å². The molecule has 0 unspecified atom stereocenters. The summed E-state index contributed by atoms with van der Waals surface area (Å²) >= 11 is 0. The Balaban J connectivity index is 1.42. The van der Waals surface area contributed by atoms with Crippen LogP contribution in [0.15, 0.2) is 90.0 Å². The fourth-order valence-corrected chi connectivity index (χ4v) is 3.19. The minimum atomic E-state index is -0.311. The number of amides is 1. The van der Waals surface area contributed by atoms with Crippen molar-refractivity contribution < 1.29 is 9.32 Å². The Morgan fingerprint density at radius 3 is 2.59 bits per heavy atom. The highest BCUT2D eigenvalue weighted by Crippen LogP contribution is 2.26. The number of pyridine rings is 1. The number of hydrogen-bond donors (Lipinski definition) is 1. The van der Waals surface area contributed by atoms with Gasteiger partial charge in [-0.25, -0.2) is 9.97 Å². The van der Waals surface area contributed by atoms with Gasteiger partial charge in [0.2, 0.25) is 5.82 Å². The van der Waals surface area contributed by atoms with Crippen molar-refractivity contribution in [3.05, 3.63) is 96.7 Å². The van der Waals surface area contributed by atoms with E-state index in [4.69, 9.17) is 4.52 Å². The van der Waals surface area contributed by atoms with Crippen LogP contribution in [-0.4, -0.2) is 30.6 Å². The summed E-state index contributed by atoms with van der Waals surface area (Å²) < 4.78 is 7.15. The van der Waals surface area contributed by atoms with Crippen molar-refractivity contribution in [2.45, 2.75) is 6.92 Å². The van der Waals surface area contributed by atoms with E-state index in [2.05, 4.69) is 25.4 Å². The number of hydrogen-bond acceptors (Lipinski definition) is 6. The SMILES string of the molecule is Cc1ccc(NC(=O)c2cn(-c3ncccc3-c3nc(-c4ccccc4)no3)cn2)cc1. The maximum atomic E-state index is 12.6. The van der Waals surface area contributed by atoms with Gasteiger partial charge >= 0.3 is 0 Å². The number of aromatic nitrogens is 5. The van der Waals surface area contributed by atoms with E-state index in [-0.39, 0.29) is 11.6 Å². The lowest BCUT2D eigenvalue weighted by Crippen LogP contribution is -2.12. The van der Waals surface area contributed by atoms with Gasteiger partial charge in [-0.3, -0.25) is 9.36 Å². The Morgan fingerprint density at radius 2 is 1.78 bits per heavy atom. The van der Waals surface area contributed by atoms with Gasteiger partial charge in [0.15, 0.2) is 5.82 Å². The van der Waals surface area contributed by atoms with Crippen molar-refractivity contribution in [1.82, 2.24) is 24.7 Å². The van der Waals surface area contributed by atoms with Crippen molar-refractivity contribution in [3.63, 3.8) is 0 Å². The molecule has 5 rings (SSSR count). The minimum absolute atomic E-state index is 0.262. The van der Waals surface area contributed by atoms with Crippen LogP contribution < -0.4 is 5.32 Å². The van der Waals surface area contributed by atoms with Crippen LogP contribution in [0, 0.1) is 6.92 Å². The van der Waals surface area contributed by atoms with Crippen LogP contribution in [-0.2, 0) is 0 Å². The minimum Gasteiger partial charge on any atom is -0.333 e. The highest BCUT2D eigenvalue weighted by atomic mass is 16.5. The van der Waals surface area contributed by atoms with Crippen LogP contribution in [0.1, 0.15) is 16.1 Å². The van der Waals surface area contributed by atoms with E-state index in [9.17, 15) is 4.79 Å². The van der Waals surface area contributed by atoms with Gasteiger partial charge in [-0.1, -0.05) is 53.2 Å². The molecule has 0 radical (unpaired) electrons. The Kier molecular flexibility index (Phi) is 5.01. The van der Waals surface area contributed by atoms with Crippen LogP contribution in [0.4, 0.5) is 5.69 Å². The van der Waals surface area contributed by atoms with E-state index >= 15 is 0 Å². The number of benzene rings is 2. The van der Waals surface area contributed by atoms with E-state index in [1.807, 2.05) is 67.6 Å². The molecule has 5 aromatic rings. The van der Waals surface area contributed by atoms with Crippen LogP contribution in [0.2, 0.25) is 0 Å². The first-order valence-electron chi connectivity index (χ1n) is 9.94. The second kappa shape index (κ2) is 8.27. The zero-order chi connectivity index (χ0) is 21.9. The maximum absolute atomic E-state index is 12.6. The summed E-state index contributed by atoms with van der Waals surface area (Å²) in [7, 11) is 0. The lowest BCUT2D eigenvalue weighted by atomic mass is 10.2. The van der Waals surface area contributed by atoms with Crippen LogP contribution in [0.3, 0.4) is 0 Å². The molecule has 3 heterocycles.